The number of aliphatic carboxylic acids is 3. The zero-order valence-corrected chi connectivity index (χ0v) is 20.6. The number of carbonyl (C=O) groups is 6. The summed E-state index contributed by atoms with van der Waals surface area (Å²) in [7, 11) is 0. The summed E-state index contributed by atoms with van der Waals surface area (Å²) < 4.78 is 0. The van der Waals surface area contributed by atoms with E-state index >= 15 is 0 Å². The molecule has 0 radical (unpaired) electrons. The molecule has 2 aromatic rings. The predicted molar refractivity (Wildman–Crippen MR) is 133 cm³/mol. The third-order valence-corrected chi connectivity index (χ3v) is 5.75. The van der Waals surface area contributed by atoms with Gasteiger partial charge in [-0.15, -0.1) is 0 Å². The first kappa shape index (κ1) is 29.8. The number of benzene rings is 1. The maximum Gasteiger partial charge on any atom is 0.326 e. The molecule has 206 valence electrons. The van der Waals surface area contributed by atoms with Crippen molar-refractivity contribution in [3.05, 3.63) is 36.0 Å². The lowest BCUT2D eigenvalue weighted by molar-refractivity contribution is -0.143. The molecule has 0 fully saturated rings. The Morgan fingerprint density at radius 2 is 1.45 bits per heavy atom. The molecule has 0 aliphatic heterocycles. The highest BCUT2D eigenvalue weighted by molar-refractivity contribution is 5.94. The van der Waals surface area contributed by atoms with E-state index in [1.807, 2.05) is 12.1 Å². The third kappa shape index (κ3) is 8.89. The second-order valence-corrected chi connectivity index (χ2v) is 8.73. The number of fused-ring (bicyclic) bond motifs is 1. The highest BCUT2D eigenvalue weighted by atomic mass is 16.4. The van der Waals surface area contributed by atoms with Gasteiger partial charge in [0.2, 0.25) is 17.7 Å². The Hall–Kier alpha value is -4.46. The summed E-state index contributed by atoms with van der Waals surface area (Å²) in [5, 5.41) is 35.2. The summed E-state index contributed by atoms with van der Waals surface area (Å²) in [6.07, 6.45) is 0.194. The van der Waals surface area contributed by atoms with E-state index in [2.05, 4.69) is 20.9 Å². The third-order valence-electron chi connectivity index (χ3n) is 5.75. The van der Waals surface area contributed by atoms with E-state index in [0.717, 1.165) is 10.9 Å². The molecule has 0 spiro atoms. The van der Waals surface area contributed by atoms with Crippen LogP contribution >= 0.6 is 0 Å². The SMILES string of the molecule is CC(NC(=O)C(N)CCC(=O)O)C(=O)NC(CCC(=O)O)C(=O)NC(Cc1c[nH]c2ccccc12)C(=O)O. The lowest BCUT2D eigenvalue weighted by Gasteiger charge is -2.23. The first-order valence-electron chi connectivity index (χ1n) is 11.8. The van der Waals surface area contributed by atoms with Crippen LogP contribution in [0.4, 0.5) is 0 Å². The van der Waals surface area contributed by atoms with Gasteiger partial charge in [-0.2, -0.15) is 0 Å². The van der Waals surface area contributed by atoms with Crippen LogP contribution in [0.25, 0.3) is 10.9 Å². The van der Waals surface area contributed by atoms with Crippen LogP contribution < -0.4 is 21.7 Å². The molecule has 4 unspecified atom stereocenters. The number of aromatic nitrogens is 1. The smallest absolute Gasteiger partial charge is 0.326 e. The summed E-state index contributed by atoms with van der Waals surface area (Å²) >= 11 is 0. The minimum atomic E-state index is -1.41. The van der Waals surface area contributed by atoms with E-state index in [9.17, 15) is 33.9 Å². The molecule has 0 bridgehead atoms. The Kier molecular flexibility index (Phi) is 10.8. The number of hydrogen-bond donors (Lipinski definition) is 8. The summed E-state index contributed by atoms with van der Waals surface area (Å²) in [6.45, 7) is 1.29. The van der Waals surface area contributed by atoms with Crippen molar-refractivity contribution >= 4 is 46.5 Å². The van der Waals surface area contributed by atoms with Gasteiger partial charge in [0.15, 0.2) is 0 Å². The van der Waals surface area contributed by atoms with Gasteiger partial charge < -0.3 is 42.0 Å². The summed E-state index contributed by atoms with van der Waals surface area (Å²) in [5.74, 6) is -6.26. The number of rotatable bonds is 15. The largest absolute Gasteiger partial charge is 0.481 e. The number of amides is 3. The van der Waals surface area contributed by atoms with Crippen molar-refractivity contribution in [1.82, 2.24) is 20.9 Å². The Balaban J connectivity index is 2.08. The summed E-state index contributed by atoms with van der Waals surface area (Å²) in [4.78, 5) is 74.4. The Morgan fingerprint density at radius 1 is 0.842 bits per heavy atom. The van der Waals surface area contributed by atoms with E-state index in [-0.39, 0.29) is 25.7 Å². The highest BCUT2D eigenvalue weighted by Crippen LogP contribution is 2.19. The number of carboxylic acid groups (broad SMARTS) is 3. The lowest BCUT2D eigenvalue weighted by Crippen LogP contribution is -2.56. The quantitative estimate of drug-likeness (QED) is 0.143. The number of nitrogens with one attached hydrogen (secondary N) is 4. The van der Waals surface area contributed by atoms with Crippen LogP contribution in [0.3, 0.4) is 0 Å². The van der Waals surface area contributed by atoms with E-state index in [1.165, 1.54) is 6.92 Å². The minimum Gasteiger partial charge on any atom is -0.481 e. The molecular formula is C24H31N5O9. The minimum absolute atomic E-state index is 0.0780. The van der Waals surface area contributed by atoms with Crippen molar-refractivity contribution in [2.45, 2.75) is 63.2 Å². The maximum absolute atomic E-state index is 12.9. The van der Waals surface area contributed by atoms with Crippen LogP contribution in [-0.4, -0.2) is 80.1 Å². The fraction of sp³-hybridized carbons (Fsp3) is 0.417. The van der Waals surface area contributed by atoms with Crippen LogP contribution in [0.1, 0.15) is 38.2 Å². The molecule has 0 aliphatic carbocycles. The molecular weight excluding hydrogens is 502 g/mol. The molecule has 4 atom stereocenters. The normalized spacial score (nSPS) is 14.1. The molecule has 0 saturated heterocycles. The number of para-hydroxylation sites is 1. The second-order valence-electron chi connectivity index (χ2n) is 8.73. The van der Waals surface area contributed by atoms with E-state index in [1.54, 1.807) is 18.3 Å². The zero-order valence-electron chi connectivity index (χ0n) is 20.6. The molecule has 0 saturated carbocycles. The van der Waals surface area contributed by atoms with Crippen molar-refractivity contribution in [2.75, 3.05) is 0 Å². The maximum atomic E-state index is 12.9. The fourth-order valence-electron chi connectivity index (χ4n) is 3.62. The van der Waals surface area contributed by atoms with Gasteiger partial charge >= 0.3 is 17.9 Å². The first-order valence-corrected chi connectivity index (χ1v) is 11.8. The number of carbonyl (C=O) groups excluding carboxylic acids is 3. The number of aromatic amines is 1. The Morgan fingerprint density at radius 3 is 2.08 bits per heavy atom. The molecule has 1 aromatic carbocycles. The van der Waals surface area contributed by atoms with Crippen LogP contribution in [-0.2, 0) is 35.2 Å². The van der Waals surface area contributed by atoms with Gasteiger partial charge in [-0.25, -0.2) is 4.79 Å². The van der Waals surface area contributed by atoms with Gasteiger partial charge in [-0.05, 0) is 31.4 Å². The standard InChI is InChI=1S/C24H31N5O9/c1-12(27-22(35)15(25)6-8-19(30)31)21(34)28-17(7-9-20(32)33)23(36)29-18(24(37)38)10-13-11-26-16-5-3-2-4-14(13)16/h2-5,11-12,15,17-18,26H,6-10,25H2,1H3,(H,27,35)(H,28,34)(H,29,36)(H,30,31)(H,32,33)(H,37,38). The zero-order chi connectivity index (χ0) is 28.4. The number of carboxylic acids is 3. The molecule has 9 N–H and O–H groups in total. The molecule has 38 heavy (non-hydrogen) atoms. The number of nitrogens with two attached hydrogens (primary N) is 1. The molecule has 14 nitrogen and oxygen atoms in total. The predicted octanol–water partition coefficient (Wildman–Crippen LogP) is -0.674. The van der Waals surface area contributed by atoms with Crippen LogP contribution in [0.2, 0.25) is 0 Å². The highest BCUT2D eigenvalue weighted by Gasteiger charge is 2.29. The number of H-pyrrole nitrogens is 1. The fourth-order valence-corrected chi connectivity index (χ4v) is 3.62. The first-order chi connectivity index (χ1) is 17.9. The molecule has 1 heterocycles. The van der Waals surface area contributed by atoms with E-state index in [0.29, 0.717) is 5.56 Å². The number of hydrogen-bond acceptors (Lipinski definition) is 7. The van der Waals surface area contributed by atoms with Gasteiger partial charge in [-0.3, -0.25) is 24.0 Å². The van der Waals surface area contributed by atoms with Gasteiger partial charge in [0.1, 0.15) is 18.1 Å². The van der Waals surface area contributed by atoms with Gasteiger partial charge in [0, 0.05) is 36.4 Å². The van der Waals surface area contributed by atoms with Crippen LogP contribution in [0.15, 0.2) is 30.5 Å². The van der Waals surface area contributed by atoms with Crippen molar-refractivity contribution in [3.63, 3.8) is 0 Å². The van der Waals surface area contributed by atoms with Crippen molar-refractivity contribution in [1.29, 1.82) is 0 Å². The molecule has 14 heteroatoms. The van der Waals surface area contributed by atoms with Gasteiger partial charge in [-0.1, -0.05) is 18.2 Å². The Labute approximate surface area is 217 Å². The van der Waals surface area contributed by atoms with Crippen molar-refractivity contribution < 1.29 is 44.1 Å². The van der Waals surface area contributed by atoms with Crippen LogP contribution in [0, 0.1) is 0 Å². The molecule has 2 rings (SSSR count). The average molecular weight is 534 g/mol. The van der Waals surface area contributed by atoms with Gasteiger partial charge in [0.25, 0.3) is 0 Å². The van der Waals surface area contributed by atoms with Crippen LogP contribution in [0.5, 0.6) is 0 Å². The van der Waals surface area contributed by atoms with E-state index < -0.39 is 66.2 Å². The lowest BCUT2D eigenvalue weighted by atomic mass is 10.0. The van der Waals surface area contributed by atoms with Gasteiger partial charge in [0.05, 0.1) is 6.04 Å². The molecule has 3 amide bonds. The van der Waals surface area contributed by atoms with Crippen molar-refractivity contribution in [3.8, 4) is 0 Å². The topological polar surface area (TPSA) is 241 Å². The second kappa shape index (κ2) is 13.7. The summed E-state index contributed by atoms with van der Waals surface area (Å²) in [6, 6.07) is 2.00. The monoisotopic (exact) mass is 533 g/mol. The average Bonchev–Trinajstić information content (AvgIpc) is 3.26. The Bertz CT molecular complexity index is 1190. The summed E-state index contributed by atoms with van der Waals surface area (Å²) in [5.41, 5.74) is 7.04. The molecule has 0 aliphatic rings. The molecule has 1 aromatic heterocycles. The van der Waals surface area contributed by atoms with Crippen molar-refractivity contribution in [2.24, 2.45) is 5.73 Å². The van der Waals surface area contributed by atoms with E-state index in [4.69, 9.17) is 15.9 Å².